The predicted molar refractivity (Wildman–Crippen MR) is 62.7 cm³/mol. The van der Waals surface area contributed by atoms with Gasteiger partial charge in [-0.05, 0) is 69.5 Å². The fraction of sp³-hybridized carbons (Fsp3) is 0.923. The van der Waals surface area contributed by atoms with Crippen LogP contribution in [0.25, 0.3) is 0 Å². The van der Waals surface area contributed by atoms with E-state index in [2.05, 4.69) is 4.90 Å². The first-order chi connectivity index (χ1) is 7.71. The van der Waals surface area contributed by atoms with Gasteiger partial charge in [0, 0.05) is 5.92 Å². The summed E-state index contributed by atoms with van der Waals surface area (Å²) in [7, 11) is 0. The van der Waals surface area contributed by atoms with Crippen LogP contribution in [-0.4, -0.2) is 30.4 Å². The molecule has 0 spiro atoms. The van der Waals surface area contributed by atoms with Crippen molar-refractivity contribution in [1.29, 1.82) is 0 Å². The van der Waals surface area contributed by atoms with Crippen LogP contribution in [-0.2, 0) is 4.79 Å². The van der Waals surface area contributed by atoms with Crippen LogP contribution in [0, 0.1) is 17.3 Å². The lowest BCUT2D eigenvalue weighted by Gasteiger charge is -2.20. The molecule has 2 saturated carbocycles. The normalized spacial score (nSPS) is 36.2. The number of hydrogen-bond acceptors (Lipinski definition) is 2. The van der Waals surface area contributed by atoms with Crippen LogP contribution in [0.1, 0.15) is 38.5 Å². The van der Waals surface area contributed by atoms with Gasteiger partial charge >= 0.3 is 0 Å². The number of hydrogen-bond donors (Lipinski definition) is 1. The highest BCUT2D eigenvalue weighted by molar-refractivity contribution is 5.80. The number of primary amides is 1. The van der Waals surface area contributed by atoms with E-state index in [0.717, 1.165) is 6.42 Å². The maximum Gasteiger partial charge on any atom is 0.220 e. The second-order valence-corrected chi connectivity index (χ2v) is 6.01. The summed E-state index contributed by atoms with van der Waals surface area (Å²) in [5.41, 5.74) is 5.91. The number of rotatable bonds is 5. The van der Waals surface area contributed by atoms with Gasteiger partial charge in [0.1, 0.15) is 0 Å². The zero-order chi connectivity index (χ0) is 11.2. The molecular formula is C13H22N2O. The zero-order valence-corrected chi connectivity index (χ0v) is 9.95. The van der Waals surface area contributed by atoms with Gasteiger partial charge in [-0.25, -0.2) is 0 Å². The Balaban J connectivity index is 1.49. The third-order valence-electron chi connectivity index (χ3n) is 4.96. The maximum absolute atomic E-state index is 11.1. The van der Waals surface area contributed by atoms with Crippen molar-refractivity contribution in [3.05, 3.63) is 0 Å². The van der Waals surface area contributed by atoms with Crippen molar-refractivity contribution in [3.63, 3.8) is 0 Å². The Bertz CT molecular complexity index is 292. The highest BCUT2D eigenvalue weighted by atomic mass is 16.1. The van der Waals surface area contributed by atoms with E-state index in [4.69, 9.17) is 5.73 Å². The Hall–Kier alpha value is -0.570. The molecule has 2 N–H and O–H groups in total. The molecule has 3 aliphatic rings. The number of amides is 1. The van der Waals surface area contributed by atoms with Crippen LogP contribution < -0.4 is 5.73 Å². The molecule has 1 aliphatic heterocycles. The lowest BCUT2D eigenvalue weighted by atomic mass is 9.94. The van der Waals surface area contributed by atoms with Crippen LogP contribution in [0.15, 0.2) is 0 Å². The van der Waals surface area contributed by atoms with Crippen molar-refractivity contribution in [2.75, 3.05) is 19.6 Å². The second-order valence-electron chi connectivity index (χ2n) is 6.01. The van der Waals surface area contributed by atoms with Crippen molar-refractivity contribution in [1.82, 2.24) is 4.90 Å². The fourth-order valence-electron chi connectivity index (χ4n) is 3.54. The van der Waals surface area contributed by atoms with Crippen molar-refractivity contribution in [3.8, 4) is 0 Å². The first-order valence-electron chi connectivity index (χ1n) is 6.73. The minimum absolute atomic E-state index is 0.0579. The molecule has 16 heavy (non-hydrogen) atoms. The summed E-state index contributed by atoms with van der Waals surface area (Å²) in [4.78, 5) is 13.7. The molecule has 0 unspecified atom stereocenters. The van der Waals surface area contributed by atoms with E-state index < -0.39 is 0 Å². The Morgan fingerprint density at radius 2 is 2.00 bits per heavy atom. The highest BCUT2D eigenvalue weighted by Gasteiger charge is 2.60. The monoisotopic (exact) mass is 222 g/mol. The van der Waals surface area contributed by atoms with E-state index in [-0.39, 0.29) is 11.8 Å². The molecule has 1 heterocycles. The summed E-state index contributed by atoms with van der Waals surface area (Å²) in [6.45, 7) is 3.84. The maximum atomic E-state index is 11.1. The highest BCUT2D eigenvalue weighted by Crippen LogP contribution is 2.65. The van der Waals surface area contributed by atoms with E-state index in [1.165, 1.54) is 51.7 Å². The van der Waals surface area contributed by atoms with Gasteiger partial charge in [0.05, 0.1) is 0 Å². The molecule has 0 aromatic rings. The Morgan fingerprint density at radius 3 is 2.50 bits per heavy atom. The minimum atomic E-state index is -0.0579. The van der Waals surface area contributed by atoms with Gasteiger partial charge < -0.3 is 10.6 Å². The van der Waals surface area contributed by atoms with Crippen LogP contribution in [0.5, 0.6) is 0 Å². The van der Waals surface area contributed by atoms with Gasteiger partial charge in [0.15, 0.2) is 0 Å². The molecule has 90 valence electrons. The quantitative estimate of drug-likeness (QED) is 0.763. The summed E-state index contributed by atoms with van der Waals surface area (Å²) < 4.78 is 0. The first kappa shape index (κ1) is 10.6. The molecule has 1 saturated heterocycles. The molecule has 0 bridgehead atoms. The molecule has 3 fully saturated rings. The predicted octanol–water partition coefficient (Wildman–Crippen LogP) is 1.37. The second kappa shape index (κ2) is 3.73. The first-order valence-corrected chi connectivity index (χ1v) is 6.73. The largest absolute Gasteiger partial charge is 0.369 e. The number of nitrogens with two attached hydrogens (primary N) is 1. The lowest BCUT2D eigenvalue weighted by molar-refractivity contribution is -0.119. The molecule has 3 nitrogen and oxygen atoms in total. The Labute approximate surface area is 97.4 Å². The average molecular weight is 222 g/mol. The molecule has 1 amide bonds. The SMILES string of the molecule is NC(=O)[C@H]1C[C@H]1C1(CCN2CCCC2)CC1. The van der Waals surface area contributed by atoms with Gasteiger partial charge in [0.2, 0.25) is 5.91 Å². The molecule has 0 aromatic heterocycles. The number of nitrogens with zero attached hydrogens (tertiary/aromatic N) is 1. The lowest BCUT2D eigenvalue weighted by Crippen LogP contribution is -2.24. The summed E-state index contributed by atoms with van der Waals surface area (Å²) in [6, 6.07) is 0. The van der Waals surface area contributed by atoms with Crippen LogP contribution >= 0.6 is 0 Å². The summed E-state index contributed by atoms with van der Waals surface area (Å²) in [5.74, 6) is 0.811. The van der Waals surface area contributed by atoms with Crippen LogP contribution in [0.2, 0.25) is 0 Å². The number of likely N-dealkylation sites (tertiary alicyclic amines) is 1. The van der Waals surface area contributed by atoms with Crippen LogP contribution in [0.3, 0.4) is 0 Å². The molecule has 0 aromatic carbocycles. The zero-order valence-electron chi connectivity index (χ0n) is 9.95. The molecule has 2 aliphatic carbocycles. The van der Waals surface area contributed by atoms with Gasteiger partial charge in [-0.3, -0.25) is 4.79 Å². The standard InChI is InChI=1S/C13H22N2O/c14-12(16)10-9-11(10)13(3-4-13)5-8-15-6-1-2-7-15/h10-11H,1-9H2,(H2,14,16)/t10-,11+/m0/s1. The van der Waals surface area contributed by atoms with E-state index in [1.54, 1.807) is 0 Å². The van der Waals surface area contributed by atoms with E-state index in [9.17, 15) is 4.79 Å². The summed E-state index contributed by atoms with van der Waals surface area (Å²) in [6.07, 6.45) is 7.82. The minimum Gasteiger partial charge on any atom is -0.369 e. The number of carbonyl (C=O) groups is 1. The summed E-state index contributed by atoms with van der Waals surface area (Å²) >= 11 is 0. The third-order valence-corrected chi connectivity index (χ3v) is 4.96. The third kappa shape index (κ3) is 1.86. The average Bonchev–Trinajstić information content (AvgIpc) is 3.14. The molecule has 2 atom stereocenters. The van der Waals surface area contributed by atoms with Gasteiger partial charge in [0.25, 0.3) is 0 Å². The summed E-state index contributed by atoms with van der Waals surface area (Å²) in [5, 5.41) is 0. The topological polar surface area (TPSA) is 46.3 Å². The van der Waals surface area contributed by atoms with Crippen molar-refractivity contribution in [2.45, 2.75) is 38.5 Å². The van der Waals surface area contributed by atoms with Gasteiger partial charge in [-0.1, -0.05) is 0 Å². The van der Waals surface area contributed by atoms with Gasteiger partial charge in [-0.2, -0.15) is 0 Å². The van der Waals surface area contributed by atoms with Crippen LogP contribution in [0.4, 0.5) is 0 Å². The van der Waals surface area contributed by atoms with E-state index in [0.29, 0.717) is 11.3 Å². The number of carbonyl (C=O) groups excluding carboxylic acids is 1. The van der Waals surface area contributed by atoms with Gasteiger partial charge in [-0.15, -0.1) is 0 Å². The molecular weight excluding hydrogens is 200 g/mol. The molecule has 3 rings (SSSR count). The molecule has 3 heteroatoms. The molecule has 0 radical (unpaired) electrons. The van der Waals surface area contributed by atoms with Crippen molar-refractivity contribution >= 4 is 5.91 Å². The van der Waals surface area contributed by atoms with Crippen molar-refractivity contribution in [2.24, 2.45) is 23.0 Å². The smallest absolute Gasteiger partial charge is 0.220 e. The van der Waals surface area contributed by atoms with E-state index >= 15 is 0 Å². The Kier molecular flexibility index (Phi) is 2.46. The van der Waals surface area contributed by atoms with Crippen molar-refractivity contribution < 1.29 is 4.79 Å². The Morgan fingerprint density at radius 1 is 1.31 bits per heavy atom. The van der Waals surface area contributed by atoms with E-state index in [1.807, 2.05) is 0 Å². The fourth-order valence-corrected chi connectivity index (χ4v) is 3.54.